The van der Waals surface area contributed by atoms with Crippen LogP contribution in [0.1, 0.15) is 31.1 Å². The van der Waals surface area contributed by atoms with Crippen LogP contribution in [0.2, 0.25) is 5.02 Å². The van der Waals surface area contributed by atoms with Gasteiger partial charge in [0.2, 0.25) is 0 Å². The van der Waals surface area contributed by atoms with Crippen molar-refractivity contribution in [2.45, 2.75) is 26.8 Å². The maximum Gasteiger partial charge on any atom is 0.253 e. The van der Waals surface area contributed by atoms with Gasteiger partial charge in [0.1, 0.15) is 0 Å². The molecule has 19 heavy (non-hydrogen) atoms. The van der Waals surface area contributed by atoms with Crippen LogP contribution in [-0.2, 0) is 0 Å². The number of nitrogens with zero attached hydrogens (tertiary/aromatic N) is 1. The SMILES string of the molecule is CCN(CC)CC(C)NC(=O)c1cccc(Br)c1Cl. The van der Waals surface area contributed by atoms with Gasteiger partial charge in [-0.3, -0.25) is 4.79 Å². The molecule has 1 unspecified atom stereocenters. The minimum absolute atomic E-state index is 0.0856. The molecule has 0 aromatic heterocycles. The van der Waals surface area contributed by atoms with Crippen molar-refractivity contribution in [3.63, 3.8) is 0 Å². The highest BCUT2D eigenvalue weighted by molar-refractivity contribution is 9.10. The van der Waals surface area contributed by atoms with E-state index in [1.54, 1.807) is 12.1 Å². The molecule has 106 valence electrons. The fraction of sp³-hybridized carbons (Fsp3) is 0.500. The zero-order chi connectivity index (χ0) is 14.4. The maximum atomic E-state index is 12.2. The van der Waals surface area contributed by atoms with Crippen molar-refractivity contribution < 1.29 is 4.79 Å². The Bertz CT molecular complexity index is 435. The Balaban J connectivity index is 2.66. The third kappa shape index (κ3) is 4.79. The monoisotopic (exact) mass is 346 g/mol. The molecule has 1 aromatic carbocycles. The van der Waals surface area contributed by atoms with Crippen molar-refractivity contribution in [1.29, 1.82) is 0 Å². The third-order valence-electron chi connectivity index (χ3n) is 3.00. The molecular weight excluding hydrogens is 328 g/mol. The Hall–Kier alpha value is -0.580. The largest absolute Gasteiger partial charge is 0.348 e. The average molecular weight is 348 g/mol. The summed E-state index contributed by atoms with van der Waals surface area (Å²) in [5, 5.41) is 3.43. The van der Waals surface area contributed by atoms with E-state index in [4.69, 9.17) is 11.6 Å². The van der Waals surface area contributed by atoms with Crippen LogP contribution < -0.4 is 5.32 Å². The third-order valence-corrected chi connectivity index (χ3v) is 4.30. The van der Waals surface area contributed by atoms with Crippen molar-refractivity contribution in [2.75, 3.05) is 19.6 Å². The molecule has 1 rings (SSSR count). The Morgan fingerprint density at radius 2 is 2.05 bits per heavy atom. The van der Waals surface area contributed by atoms with Crippen LogP contribution >= 0.6 is 27.5 Å². The molecule has 0 saturated carbocycles. The number of likely N-dealkylation sites (N-methyl/N-ethyl adjacent to an activating group) is 1. The molecule has 0 spiro atoms. The summed E-state index contributed by atoms with van der Waals surface area (Å²) in [7, 11) is 0. The summed E-state index contributed by atoms with van der Waals surface area (Å²) in [6.07, 6.45) is 0. The molecule has 1 amide bonds. The number of nitrogens with one attached hydrogen (secondary N) is 1. The van der Waals surface area contributed by atoms with Crippen LogP contribution in [0, 0.1) is 0 Å². The van der Waals surface area contributed by atoms with E-state index in [0.717, 1.165) is 24.1 Å². The first-order valence-electron chi connectivity index (χ1n) is 6.46. The fourth-order valence-corrected chi connectivity index (χ4v) is 2.47. The molecule has 1 aromatic rings. The topological polar surface area (TPSA) is 32.3 Å². The Morgan fingerprint density at radius 3 is 2.63 bits per heavy atom. The number of carbonyl (C=O) groups excluding carboxylic acids is 1. The quantitative estimate of drug-likeness (QED) is 0.853. The van der Waals surface area contributed by atoms with Gasteiger partial charge in [0.15, 0.2) is 0 Å². The van der Waals surface area contributed by atoms with Crippen molar-refractivity contribution in [3.8, 4) is 0 Å². The van der Waals surface area contributed by atoms with Gasteiger partial charge < -0.3 is 10.2 Å². The summed E-state index contributed by atoms with van der Waals surface area (Å²) in [4.78, 5) is 14.4. The van der Waals surface area contributed by atoms with Gasteiger partial charge in [-0.05, 0) is 48.1 Å². The van der Waals surface area contributed by atoms with E-state index in [-0.39, 0.29) is 11.9 Å². The summed E-state index contributed by atoms with van der Waals surface area (Å²) in [6.45, 7) is 9.03. The number of rotatable bonds is 6. The van der Waals surface area contributed by atoms with Gasteiger partial charge in [0, 0.05) is 17.1 Å². The summed E-state index contributed by atoms with van der Waals surface area (Å²) in [5.74, 6) is -0.133. The summed E-state index contributed by atoms with van der Waals surface area (Å²) in [5.41, 5.74) is 0.502. The first-order valence-corrected chi connectivity index (χ1v) is 7.63. The zero-order valence-electron chi connectivity index (χ0n) is 11.5. The van der Waals surface area contributed by atoms with Gasteiger partial charge in [-0.15, -0.1) is 0 Å². The lowest BCUT2D eigenvalue weighted by Gasteiger charge is -2.23. The zero-order valence-corrected chi connectivity index (χ0v) is 13.9. The van der Waals surface area contributed by atoms with Gasteiger partial charge in [-0.1, -0.05) is 31.5 Å². The standard InChI is InChI=1S/C14H20BrClN2O/c1-4-18(5-2)9-10(3)17-14(19)11-7-6-8-12(15)13(11)16/h6-8,10H,4-5,9H2,1-3H3,(H,17,19). The molecule has 0 aliphatic rings. The molecule has 1 atom stereocenters. The number of hydrogen-bond acceptors (Lipinski definition) is 2. The lowest BCUT2D eigenvalue weighted by molar-refractivity contribution is 0.0930. The fourth-order valence-electron chi connectivity index (χ4n) is 1.90. The molecule has 3 nitrogen and oxygen atoms in total. The minimum Gasteiger partial charge on any atom is -0.348 e. The van der Waals surface area contributed by atoms with Crippen LogP contribution in [0.25, 0.3) is 0 Å². The van der Waals surface area contributed by atoms with Gasteiger partial charge in [0.25, 0.3) is 5.91 Å². The summed E-state index contributed by atoms with van der Waals surface area (Å²) < 4.78 is 0.734. The molecule has 0 heterocycles. The second-order valence-electron chi connectivity index (χ2n) is 4.46. The second-order valence-corrected chi connectivity index (χ2v) is 5.69. The highest BCUT2D eigenvalue weighted by Gasteiger charge is 2.15. The molecule has 0 aliphatic carbocycles. The van der Waals surface area contributed by atoms with Gasteiger partial charge in [-0.2, -0.15) is 0 Å². The van der Waals surface area contributed by atoms with Gasteiger partial charge in [-0.25, -0.2) is 0 Å². The predicted octanol–water partition coefficient (Wildman–Crippen LogP) is 3.56. The van der Waals surface area contributed by atoms with E-state index in [1.165, 1.54) is 0 Å². The van der Waals surface area contributed by atoms with Crippen LogP contribution in [-0.4, -0.2) is 36.5 Å². The van der Waals surface area contributed by atoms with E-state index in [2.05, 4.69) is 40.0 Å². The van der Waals surface area contributed by atoms with Crippen molar-refractivity contribution in [2.24, 2.45) is 0 Å². The smallest absolute Gasteiger partial charge is 0.253 e. The molecule has 0 bridgehead atoms. The van der Waals surface area contributed by atoms with Crippen molar-refractivity contribution in [1.82, 2.24) is 10.2 Å². The molecule has 0 aliphatic heterocycles. The maximum absolute atomic E-state index is 12.2. The van der Waals surface area contributed by atoms with Crippen molar-refractivity contribution >= 4 is 33.4 Å². The van der Waals surface area contributed by atoms with Gasteiger partial charge >= 0.3 is 0 Å². The molecule has 0 radical (unpaired) electrons. The van der Waals surface area contributed by atoms with E-state index in [9.17, 15) is 4.79 Å². The van der Waals surface area contributed by atoms with E-state index in [0.29, 0.717) is 10.6 Å². The first kappa shape index (κ1) is 16.5. The second kappa shape index (κ2) is 7.88. The summed E-state index contributed by atoms with van der Waals surface area (Å²) in [6, 6.07) is 5.44. The molecule has 5 heteroatoms. The Morgan fingerprint density at radius 1 is 1.42 bits per heavy atom. The highest BCUT2D eigenvalue weighted by Crippen LogP contribution is 2.25. The van der Waals surface area contributed by atoms with Crippen LogP contribution in [0.5, 0.6) is 0 Å². The predicted molar refractivity (Wildman–Crippen MR) is 83.9 cm³/mol. The average Bonchev–Trinajstić information content (AvgIpc) is 2.38. The Labute approximate surface area is 128 Å². The van der Waals surface area contributed by atoms with Gasteiger partial charge in [0.05, 0.1) is 10.6 Å². The Kier molecular flexibility index (Phi) is 6.83. The molecule has 0 saturated heterocycles. The highest BCUT2D eigenvalue weighted by atomic mass is 79.9. The lowest BCUT2D eigenvalue weighted by atomic mass is 10.2. The van der Waals surface area contributed by atoms with E-state index < -0.39 is 0 Å². The lowest BCUT2D eigenvalue weighted by Crippen LogP contribution is -2.42. The number of halogens is 2. The summed E-state index contributed by atoms with van der Waals surface area (Å²) >= 11 is 9.44. The molecule has 1 N–H and O–H groups in total. The number of amides is 1. The van der Waals surface area contributed by atoms with E-state index in [1.807, 2.05) is 13.0 Å². The van der Waals surface area contributed by atoms with Crippen LogP contribution in [0.3, 0.4) is 0 Å². The van der Waals surface area contributed by atoms with Crippen LogP contribution in [0.15, 0.2) is 22.7 Å². The van der Waals surface area contributed by atoms with E-state index >= 15 is 0 Å². The number of carbonyl (C=O) groups is 1. The van der Waals surface area contributed by atoms with Crippen molar-refractivity contribution in [3.05, 3.63) is 33.3 Å². The molecule has 0 fully saturated rings. The first-order chi connectivity index (χ1) is 8.99. The minimum atomic E-state index is -0.133. The van der Waals surface area contributed by atoms with Crippen LogP contribution in [0.4, 0.5) is 0 Å². The molecular formula is C14H20BrClN2O. The normalized spacial score (nSPS) is 12.5. The number of hydrogen-bond donors (Lipinski definition) is 1. The number of benzene rings is 1.